The van der Waals surface area contributed by atoms with E-state index in [1.807, 2.05) is 32.0 Å². The molecule has 0 aromatic heterocycles. The Kier molecular flexibility index (Phi) is 5.27. The lowest BCUT2D eigenvalue weighted by Crippen LogP contribution is -2.24. The van der Waals surface area contributed by atoms with Crippen LogP contribution in [0.3, 0.4) is 0 Å². The fourth-order valence-electron chi connectivity index (χ4n) is 1.39. The van der Waals surface area contributed by atoms with E-state index in [-0.39, 0.29) is 5.91 Å². The fourth-order valence-corrected chi connectivity index (χ4v) is 1.39. The van der Waals surface area contributed by atoms with Gasteiger partial charge in [-0.1, -0.05) is 18.2 Å². The van der Waals surface area contributed by atoms with Crippen molar-refractivity contribution >= 4 is 5.91 Å². The smallest absolute Gasteiger partial charge is 0.223 e. The zero-order valence-electron chi connectivity index (χ0n) is 10.5. The van der Waals surface area contributed by atoms with E-state index in [2.05, 4.69) is 11.9 Å². The lowest BCUT2D eigenvalue weighted by molar-refractivity contribution is -0.121. The molecule has 0 saturated heterocycles. The van der Waals surface area contributed by atoms with Crippen LogP contribution < -0.4 is 10.1 Å². The molecule has 0 spiro atoms. The molecular formula is C14H19NO2. The molecule has 0 radical (unpaired) electrons. The number of carbonyl (C=O) groups is 1. The van der Waals surface area contributed by atoms with E-state index < -0.39 is 0 Å². The van der Waals surface area contributed by atoms with Crippen LogP contribution in [-0.2, 0) is 4.79 Å². The fraction of sp³-hybridized carbons (Fsp3) is 0.357. The molecule has 0 saturated carbocycles. The monoisotopic (exact) mass is 233 g/mol. The quantitative estimate of drug-likeness (QED) is 0.766. The van der Waals surface area contributed by atoms with E-state index in [9.17, 15) is 4.79 Å². The minimum atomic E-state index is -0.0183. The number of hydrogen-bond donors (Lipinski definition) is 1. The summed E-state index contributed by atoms with van der Waals surface area (Å²) in [5, 5.41) is 2.71. The first-order valence-corrected chi connectivity index (χ1v) is 5.71. The summed E-state index contributed by atoms with van der Waals surface area (Å²) in [5.41, 5.74) is 2.24. The number of aryl methyl sites for hydroxylation is 2. The van der Waals surface area contributed by atoms with Gasteiger partial charge in [-0.25, -0.2) is 0 Å². The minimum absolute atomic E-state index is 0.0183. The molecule has 0 fully saturated rings. The SMILES string of the molecule is C=CCNC(=O)CCOc1cc(C)ccc1C. The Balaban J connectivity index is 2.37. The minimum Gasteiger partial charge on any atom is -0.493 e. The van der Waals surface area contributed by atoms with Crippen molar-refractivity contribution in [3.05, 3.63) is 42.0 Å². The summed E-state index contributed by atoms with van der Waals surface area (Å²) in [6.45, 7) is 8.44. The van der Waals surface area contributed by atoms with Gasteiger partial charge in [-0.05, 0) is 31.0 Å². The van der Waals surface area contributed by atoms with E-state index in [4.69, 9.17) is 4.74 Å². The summed E-state index contributed by atoms with van der Waals surface area (Å²) >= 11 is 0. The maximum atomic E-state index is 11.3. The van der Waals surface area contributed by atoms with Gasteiger partial charge in [-0.3, -0.25) is 4.79 Å². The van der Waals surface area contributed by atoms with Gasteiger partial charge in [0.1, 0.15) is 5.75 Å². The highest BCUT2D eigenvalue weighted by molar-refractivity contribution is 5.76. The second kappa shape index (κ2) is 6.74. The molecule has 3 nitrogen and oxygen atoms in total. The lowest BCUT2D eigenvalue weighted by atomic mass is 10.1. The number of amides is 1. The molecule has 3 heteroatoms. The van der Waals surface area contributed by atoms with E-state index in [0.29, 0.717) is 19.6 Å². The molecule has 1 amide bonds. The summed E-state index contributed by atoms with van der Waals surface area (Å²) < 4.78 is 5.58. The lowest BCUT2D eigenvalue weighted by Gasteiger charge is -2.09. The van der Waals surface area contributed by atoms with Gasteiger partial charge < -0.3 is 10.1 Å². The van der Waals surface area contributed by atoms with Crippen LogP contribution in [0.4, 0.5) is 0 Å². The van der Waals surface area contributed by atoms with E-state index >= 15 is 0 Å². The van der Waals surface area contributed by atoms with Crippen molar-refractivity contribution in [3.8, 4) is 5.75 Å². The highest BCUT2D eigenvalue weighted by atomic mass is 16.5. The van der Waals surface area contributed by atoms with Crippen molar-refractivity contribution in [1.29, 1.82) is 0 Å². The molecule has 0 bridgehead atoms. The third kappa shape index (κ3) is 4.72. The van der Waals surface area contributed by atoms with Crippen molar-refractivity contribution in [2.45, 2.75) is 20.3 Å². The van der Waals surface area contributed by atoms with Crippen molar-refractivity contribution in [1.82, 2.24) is 5.32 Å². The van der Waals surface area contributed by atoms with Crippen LogP contribution in [0.15, 0.2) is 30.9 Å². The first-order valence-electron chi connectivity index (χ1n) is 5.71. The van der Waals surface area contributed by atoms with Crippen LogP contribution >= 0.6 is 0 Å². The van der Waals surface area contributed by atoms with Crippen molar-refractivity contribution in [2.24, 2.45) is 0 Å². The van der Waals surface area contributed by atoms with Crippen molar-refractivity contribution < 1.29 is 9.53 Å². The maximum Gasteiger partial charge on any atom is 0.223 e. The Morgan fingerprint density at radius 1 is 1.47 bits per heavy atom. The number of carbonyl (C=O) groups excluding carboxylic acids is 1. The third-order valence-corrected chi connectivity index (χ3v) is 2.37. The van der Waals surface area contributed by atoms with Crippen LogP contribution in [0, 0.1) is 13.8 Å². The molecular weight excluding hydrogens is 214 g/mol. The molecule has 1 aromatic rings. The van der Waals surface area contributed by atoms with Gasteiger partial charge in [-0.15, -0.1) is 6.58 Å². The molecule has 0 aliphatic heterocycles. The molecule has 0 heterocycles. The Morgan fingerprint density at radius 2 is 2.24 bits per heavy atom. The van der Waals surface area contributed by atoms with Gasteiger partial charge in [0.25, 0.3) is 0 Å². The molecule has 1 rings (SSSR count). The standard InChI is InChI=1S/C14H19NO2/c1-4-8-15-14(16)7-9-17-13-10-11(2)5-6-12(13)3/h4-6,10H,1,7-9H2,2-3H3,(H,15,16). The molecule has 0 aliphatic rings. The number of nitrogens with one attached hydrogen (secondary N) is 1. The van der Waals surface area contributed by atoms with Crippen molar-refractivity contribution in [3.63, 3.8) is 0 Å². The Bertz CT molecular complexity index is 399. The van der Waals surface area contributed by atoms with Crippen molar-refractivity contribution in [2.75, 3.05) is 13.2 Å². The Labute approximate surface area is 102 Å². The molecule has 17 heavy (non-hydrogen) atoms. The summed E-state index contributed by atoms with van der Waals surface area (Å²) in [4.78, 5) is 11.3. The predicted molar refractivity (Wildman–Crippen MR) is 69.2 cm³/mol. The molecule has 92 valence electrons. The summed E-state index contributed by atoms with van der Waals surface area (Å²) in [7, 11) is 0. The zero-order chi connectivity index (χ0) is 12.7. The third-order valence-electron chi connectivity index (χ3n) is 2.37. The summed E-state index contributed by atoms with van der Waals surface area (Å²) in [6, 6.07) is 6.04. The average molecular weight is 233 g/mol. The Hall–Kier alpha value is -1.77. The summed E-state index contributed by atoms with van der Waals surface area (Å²) in [6.07, 6.45) is 2.02. The molecule has 0 aliphatic carbocycles. The van der Waals surface area contributed by atoms with Gasteiger partial charge in [0.05, 0.1) is 13.0 Å². The molecule has 0 atom stereocenters. The van der Waals surface area contributed by atoms with Gasteiger partial charge in [-0.2, -0.15) is 0 Å². The average Bonchev–Trinajstić information content (AvgIpc) is 2.31. The highest BCUT2D eigenvalue weighted by Gasteiger charge is 2.02. The van der Waals surface area contributed by atoms with Crippen LogP contribution in [0.1, 0.15) is 17.5 Å². The van der Waals surface area contributed by atoms with Gasteiger partial charge in [0.15, 0.2) is 0 Å². The maximum absolute atomic E-state index is 11.3. The number of ether oxygens (including phenoxy) is 1. The van der Waals surface area contributed by atoms with Gasteiger partial charge in [0, 0.05) is 6.54 Å². The first-order chi connectivity index (χ1) is 8.13. The number of benzene rings is 1. The van der Waals surface area contributed by atoms with Crippen LogP contribution in [0.25, 0.3) is 0 Å². The molecule has 0 unspecified atom stereocenters. The normalized spacial score (nSPS) is 9.76. The predicted octanol–water partition coefficient (Wildman–Crippen LogP) is 2.37. The van der Waals surface area contributed by atoms with Crippen LogP contribution in [0.5, 0.6) is 5.75 Å². The highest BCUT2D eigenvalue weighted by Crippen LogP contribution is 2.18. The zero-order valence-corrected chi connectivity index (χ0v) is 10.5. The molecule has 1 aromatic carbocycles. The summed E-state index contributed by atoms with van der Waals surface area (Å²) in [5.74, 6) is 0.830. The van der Waals surface area contributed by atoms with Crippen LogP contribution in [0.2, 0.25) is 0 Å². The van der Waals surface area contributed by atoms with Gasteiger partial charge >= 0.3 is 0 Å². The number of hydrogen-bond acceptors (Lipinski definition) is 2. The van der Waals surface area contributed by atoms with E-state index in [1.165, 1.54) is 0 Å². The largest absolute Gasteiger partial charge is 0.493 e. The van der Waals surface area contributed by atoms with E-state index in [1.54, 1.807) is 6.08 Å². The van der Waals surface area contributed by atoms with Crippen LogP contribution in [-0.4, -0.2) is 19.1 Å². The number of rotatable bonds is 6. The van der Waals surface area contributed by atoms with Gasteiger partial charge in [0.2, 0.25) is 5.91 Å². The Morgan fingerprint density at radius 3 is 2.94 bits per heavy atom. The first kappa shape index (κ1) is 13.3. The topological polar surface area (TPSA) is 38.3 Å². The molecule has 1 N–H and O–H groups in total. The van der Waals surface area contributed by atoms with E-state index in [0.717, 1.165) is 16.9 Å². The second-order valence-corrected chi connectivity index (χ2v) is 3.96. The second-order valence-electron chi connectivity index (χ2n) is 3.96.